The first-order valence-corrected chi connectivity index (χ1v) is 7.92. The van der Waals surface area contributed by atoms with Crippen molar-refractivity contribution in [1.29, 1.82) is 0 Å². The second-order valence-electron chi connectivity index (χ2n) is 5.38. The third-order valence-corrected chi connectivity index (χ3v) is 4.48. The van der Waals surface area contributed by atoms with E-state index in [-0.39, 0.29) is 30.2 Å². The molecule has 0 spiro atoms. The van der Waals surface area contributed by atoms with Crippen LogP contribution in [-0.4, -0.2) is 24.6 Å². The lowest BCUT2D eigenvalue weighted by Crippen LogP contribution is -2.45. The van der Waals surface area contributed by atoms with Crippen LogP contribution in [0.5, 0.6) is 5.75 Å². The smallest absolute Gasteiger partial charge is 0.261 e. The molecule has 0 heterocycles. The van der Waals surface area contributed by atoms with Crippen LogP contribution in [0, 0.1) is 11.7 Å². The summed E-state index contributed by atoms with van der Waals surface area (Å²) in [5.74, 6) is 0.263. The van der Waals surface area contributed by atoms with E-state index in [9.17, 15) is 9.18 Å². The normalized spacial score (nSPS) is 21.8. The first kappa shape index (κ1) is 19.2. The van der Waals surface area contributed by atoms with Gasteiger partial charge < -0.3 is 15.8 Å². The second kappa shape index (κ2) is 8.70. The molecule has 0 aromatic heterocycles. The third-order valence-electron chi connectivity index (χ3n) is 3.86. The van der Waals surface area contributed by atoms with E-state index in [4.69, 9.17) is 10.5 Å². The number of halogens is 3. The zero-order chi connectivity index (χ0) is 15.4. The molecular formula is C15H21BrClFN2O2. The summed E-state index contributed by atoms with van der Waals surface area (Å²) >= 11 is 3.22. The molecule has 1 aliphatic carbocycles. The minimum atomic E-state index is -0.647. The number of rotatable bonds is 5. The van der Waals surface area contributed by atoms with Crippen LogP contribution in [0.2, 0.25) is 0 Å². The second-order valence-corrected chi connectivity index (χ2v) is 6.23. The van der Waals surface area contributed by atoms with E-state index in [1.54, 1.807) is 6.92 Å². The van der Waals surface area contributed by atoms with Crippen molar-refractivity contribution < 1.29 is 13.9 Å². The van der Waals surface area contributed by atoms with Gasteiger partial charge in [-0.3, -0.25) is 4.79 Å². The van der Waals surface area contributed by atoms with E-state index < -0.39 is 6.10 Å². The number of carbonyl (C=O) groups excluding carboxylic acids is 1. The van der Waals surface area contributed by atoms with Gasteiger partial charge in [-0.15, -0.1) is 12.4 Å². The Morgan fingerprint density at radius 3 is 2.91 bits per heavy atom. The maximum atomic E-state index is 13.0. The van der Waals surface area contributed by atoms with Gasteiger partial charge in [-0.1, -0.05) is 6.42 Å². The van der Waals surface area contributed by atoms with Gasteiger partial charge in [0.15, 0.2) is 6.10 Å². The highest BCUT2D eigenvalue weighted by Crippen LogP contribution is 2.27. The average Bonchev–Trinajstić information content (AvgIpc) is 2.89. The fourth-order valence-electron chi connectivity index (χ4n) is 2.62. The van der Waals surface area contributed by atoms with Crippen LogP contribution >= 0.6 is 28.3 Å². The lowest BCUT2D eigenvalue weighted by Gasteiger charge is -2.22. The summed E-state index contributed by atoms with van der Waals surface area (Å²) in [6.07, 6.45) is 2.46. The SMILES string of the molecule is CC(Oc1ccc(F)cc1Br)C(=O)NC1CCCC1CN.Cl. The summed E-state index contributed by atoms with van der Waals surface area (Å²) in [6, 6.07) is 4.24. The molecule has 1 fully saturated rings. The maximum absolute atomic E-state index is 13.0. The molecule has 7 heteroatoms. The molecule has 124 valence electrons. The highest BCUT2D eigenvalue weighted by molar-refractivity contribution is 9.10. The van der Waals surface area contributed by atoms with Gasteiger partial charge in [0.2, 0.25) is 0 Å². The Labute approximate surface area is 144 Å². The molecule has 22 heavy (non-hydrogen) atoms. The lowest BCUT2D eigenvalue weighted by atomic mass is 10.0. The van der Waals surface area contributed by atoms with Crippen LogP contribution in [0.3, 0.4) is 0 Å². The number of hydrogen-bond acceptors (Lipinski definition) is 3. The number of nitrogens with two attached hydrogens (primary N) is 1. The number of ether oxygens (including phenoxy) is 1. The molecule has 3 N–H and O–H groups in total. The monoisotopic (exact) mass is 394 g/mol. The van der Waals surface area contributed by atoms with Crippen molar-refractivity contribution in [1.82, 2.24) is 5.32 Å². The zero-order valence-electron chi connectivity index (χ0n) is 12.4. The van der Waals surface area contributed by atoms with Crippen LogP contribution in [0.1, 0.15) is 26.2 Å². The molecule has 0 saturated heterocycles. The zero-order valence-corrected chi connectivity index (χ0v) is 14.8. The van der Waals surface area contributed by atoms with Crippen molar-refractivity contribution in [3.63, 3.8) is 0 Å². The molecular weight excluding hydrogens is 375 g/mol. The molecule has 3 atom stereocenters. The van der Waals surface area contributed by atoms with Crippen molar-refractivity contribution in [2.45, 2.75) is 38.3 Å². The van der Waals surface area contributed by atoms with Gasteiger partial charge in [-0.2, -0.15) is 0 Å². The van der Waals surface area contributed by atoms with E-state index in [0.717, 1.165) is 19.3 Å². The summed E-state index contributed by atoms with van der Waals surface area (Å²) in [7, 11) is 0. The Hall–Kier alpha value is -0.850. The summed E-state index contributed by atoms with van der Waals surface area (Å²) in [6.45, 7) is 2.27. The minimum Gasteiger partial charge on any atom is -0.480 e. The van der Waals surface area contributed by atoms with Crippen LogP contribution in [0.25, 0.3) is 0 Å². The fraction of sp³-hybridized carbons (Fsp3) is 0.533. The first-order chi connectivity index (χ1) is 10.0. The van der Waals surface area contributed by atoms with Crippen molar-refractivity contribution in [3.8, 4) is 5.75 Å². The Morgan fingerprint density at radius 2 is 2.27 bits per heavy atom. The number of benzene rings is 1. The van der Waals surface area contributed by atoms with Crippen LogP contribution in [0.4, 0.5) is 4.39 Å². The van der Waals surface area contributed by atoms with E-state index in [2.05, 4.69) is 21.2 Å². The van der Waals surface area contributed by atoms with Gasteiger partial charge in [0, 0.05) is 6.04 Å². The Balaban J connectivity index is 0.00000242. The molecule has 3 unspecified atom stereocenters. The molecule has 4 nitrogen and oxygen atoms in total. The summed E-state index contributed by atoms with van der Waals surface area (Å²) in [5, 5.41) is 3.00. The molecule has 1 aliphatic rings. The summed E-state index contributed by atoms with van der Waals surface area (Å²) in [5.41, 5.74) is 5.71. The van der Waals surface area contributed by atoms with Crippen molar-refractivity contribution in [2.75, 3.05) is 6.54 Å². The average molecular weight is 396 g/mol. The summed E-state index contributed by atoms with van der Waals surface area (Å²) in [4.78, 5) is 12.2. The number of nitrogens with one attached hydrogen (secondary N) is 1. The molecule has 1 saturated carbocycles. The quantitative estimate of drug-likeness (QED) is 0.805. The highest BCUT2D eigenvalue weighted by Gasteiger charge is 2.29. The van der Waals surface area contributed by atoms with Gasteiger partial charge in [0.1, 0.15) is 11.6 Å². The van der Waals surface area contributed by atoms with Gasteiger partial charge in [0.25, 0.3) is 5.91 Å². The number of carbonyl (C=O) groups is 1. The van der Waals surface area contributed by atoms with E-state index >= 15 is 0 Å². The van der Waals surface area contributed by atoms with Crippen molar-refractivity contribution >= 4 is 34.2 Å². The topological polar surface area (TPSA) is 64.3 Å². The molecule has 1 aromatic carbocycles. The molecule has 2 rings (SSSR count). The lowest BCUT2D eigenvalue weighted by molar-refractivity contribution is -0.128. The van der Waals surface area contributed by atoms with Gasteiger partial charge >= 0.3 is 0 Å². The van der Waals surface area contributed by atoms with Crippen LogP contribution in [-0.2, 0) is 4.79 Å². The van der Waals surface area contributed by atoms with E-state index in [0.29, 0.717) is 22.7 Å². The van der Waals surface area contributed by atoms with Gasteiger partial charge in [-0.25, -0.2) is 4.39 Å². The Bertz CT molecular complexity index is 518. The minimum absolute atomic E-state index is 0. The van der Waals surface area contributed by atoms with Crippen molar-refractivity contribution in [3.05, 3.63) is 28.5 Å². The Kier molecular flexibility index (Phi) is 7.59. The largest absolute Gasteiger partial charge is 0.480 e. The van der Waals surface area contributed by atoms with Gasteiger partial charge in [0.05, 0.1) is 4.47 Å². The fourth-order valence-corrected chi connectivity index (χ4v) is 3.07. The number of hydrogen-bond donors (Lipinski definition) is 2. The van der Waals surface area contributed by atoms with Crippen molar-refractivity contribution in [2.24, 2.45) is 11.7 Å². The highest BCUT2D eigenvalue weighted by atomic mass is 79.9. The first-order valence-electron chi connectivity index (χ1n) is 7.13. The Morgan fingerprint density at radius 1 is 1.55 bits per heavy atom. The predicted octanol–water partition coefficient (Wildman–Crippen LogP) is 3.02. The summed E-state index contributed by atoms with van der Waals surface area (Å²) < 4.78 is 19.1. The molecule has 0 aliphatic heterocycles. The standard InChI is InChI=1S/C15H20BrFN2O2.ClH/c1-9(21-14-6-5-11(17)7-12(14)16)15(20)19-13-4-2-3-10(13)8-18;/h5-7,9-10,13H,2-4,8,18H2,1H3,(H,19,20);1H. The predicted molar refractivity (Wildman–Crippen MR) is 89.8 cm³/mol. The molecule has 0 radical (unpaired) electrons. The molecule has 0 bridgehead atoms. The molecule has 1 amide bonds. The molecule has 1 aromatic rings. The van der Waals surface area contributed by atoms with Crippen LogP contribution < -0.4 is 15.8 Å². The number of amides is 1. The van der Waals surface area contributed by atoms with Gasteiger partial charge in [-0.05, 0) is 66.4 Å². The van der Waals surface area contributed by atoms with Crippen LogP contribution in [0.15, 0.2) is 22.7 Å². The van der Waals surface area contributed by atoms with E-state index in [1.165, 1.54) is 18.2 Å². The van der Waals surface area contributed by atoms with E-state index in [1.807, 2.05) is 0 Å². The maximum Gasteiger partial charge on any atom is 0.261 e. The third kappa shape index (κ3) is 4.83.